The van der Waals surface area contributed by atoms with Crippen LogP contribution in [0.2, 0.25) is 0 Å². The molecule has 0 aliphatic rings. The second kappa shape index (κ2) is 11.1. The van der Waals surface area contributed by atoms with Gasteiger partial charge in [0.2, 0.25) is 0 Å². The Labute approximate surface area is 170 Å². The monoisotopic (exact) mass is 388 g/mol. The first-order chi connectivity index (χ1) is 13.2. The van der Waals surface area contributed by atoms with Gasteiger partial charge >= 0.3 is 0 Å². The Bertz CT molecular complexity index is 667. The smallest absolute Gasteiger partial charge is 0.256 e. The summed E-state index contributed by atoms with van der Waals surface area (Å²) in [6, 6.07) is 7.36. The molecule has 0 aliphatic carbocycles. The summed E-state index contributed by atoms with van der Waals surface area (Å²) in [5, 5.41) is 12.5. The fraction of sp³-hybridized carbons (Fsp3) is 0.652. The fourth-order valence-corrected chi connectivity index (χ4v) is 3.40. The first-order valence-electron chi connectivity index (χ1n) is 10.3. The lowest BCUT2D eigenvalue weighted by Crippen LogP contribution is -2.47. The van der Waals surface area contributed by atoms with Gasteiger partial charge in [-0.25, -0.2) is 0 Å². The number of nitrogens with zero attached hydrogens (tertiary/aromatic N) is 1. The summed E-state index contributed by atoms with van der Waals surface area (Å²) in [6.45, 7) is 14.7. The predicted molar refractivity (Wildman–Crippen MR) is 113 cm³/mol. The molecule has 1 N–H and O–H groups in total. The molecule has 1 atom stereocenters. The van der Waals surface area contributed by atoms with E-state index >= 15 is 0 Å². The SMILES string of the molecule is CCOC(CC(C)C)(CC(C)C)C(=O)Nc1ccc(O[C@H](C)CC)cc1C#N. The summed E-state index contributed by atoms with van der Waals surface area (Å²) in [7, 11) is 0. The van der Waals surface area contributed by atoms with Gasteiger partial charge in [-0.15, -0.1) is 0 Å². The number of amides is 1. The topological polar surface area (TPSA) is 71.3 Å². The van der Waals surface area contributed by atoms with Gasteiger partial charge in [0.05, 0.1) is 17.4 Å². The highest BCUT2D eigenvalue weighted by atomic mass is 16.5. The minimum atomic E-state index is -0.907. The van der Waals surface area contributed by atoms with Gasteiger partial charge in [-0.2, -0.15) is 5.26 Å². The zero-order valence-corrected chi connectivity index (χ0v) is 18.5. The zero-order chi connectivity index (χ0) is 21.3. The molecule has 0 aliphatic heterocycles. The van der Waals surface area contributed by atoms with Gasteiger partial charge in [0.1, 0.15) is 17.4 Å². The van der Waals surface area contributed by atoms with Crippen LogP contribution in [0.5, 0.6) is 5.75 Å². The van der Waals surface area contributed by atoms with Crippen molar-refractivity contribution < 1.29 is 14.3 Å². The van der Waals surface area contributed by atoms with Crippen molar-refractivity contribution >= 4 is 11.6 Å². The van der Waals surface area contributed by atoms with Crippen molar-refractivity contribution in [2.45, 2.75) is 79.4 Å². The minimum Gasteiger partial charge on any atom is -0.491 e. The zero-order valence-electron chi connectivity index (χ0n) is 18.5. The lowest BCUT2D eigenvalue weighted by molar-refractivity contribution is -0.146. The maximum Gasteiger partial charge on any atom is 0.256 e. The Morgan fingerprint density at radius 3 is 2.21 bits per heavy atom. The largest absolute Gasteiger partial charge is 0.491 e. The van der Waals surface area contributed by atoms with E-state index in [-0.39, 0.29) is 12.0 Å². The van der Waals surface area contributed by atoms with E-state index in [0.717, 1.165) is 6.42 Å². The van der Waals surface area contributed by atoms with Gasteiger partial charge in [-0.05, 0) is 57.1 Å². The van der Waals surface area contributed by atoms with Gasteiger partial charge in [0.25, 0.3) is 5.91 Å². The van der Waals surface area contributed by atoms with E-state index in [0.29, 0.717) is 48.3 Å². The van der Waals surface area contributed by atoms with Crippen LogP contribution in [-0.2, 0) is 9.53 Å². The molecule has 0 saturated heterocycles. The van der Waals surface area contributed by atoms with E-state index in [4.69, 9.17) is 9.47 Å². The van der Waals surface area contributed by atoms with Gasteiger partial charge in [-0.1, -0.05) is 34.6 Å². The van der Waals surface area contributed by atoms with E-state index < -0.39 is 5.60 Å². The molecule has 1 rings (SSSR count). The van der Waals surface area contributed by atoms with Crippen LogP contribution < -0.4 is 10.1 Å². The summed E-state index contributed by atoms with van der Waals surface area (Å²) in [5.74, 6) is 1.05. The number of benzene rings is 1. The van der Waals surface area contributed by atoms with Crippen LogP contribution in [0.1, 0.15) is 73.3 Å². The maximum absolute atomic E-state index is 13.3. The van der Waals surface area contributed by atoms with Crippen molar-refractivity contribution in [2.24, 2.45) is 11.8 Å². The van der Waals surface area contributed by atoms with Crippen LogP contribution in [0.15, 0.2) is 18.2 Å². The second-order valence-corrected chi connectivity index (χ2v) is 8.23. The average Bonchev–Trinajstić information content (AvgIpc) is 2.61. The fourth-order valence-electron chi connectivity index (χ4n) is 3.40. The van der Waals surface area contributed by atoms with Crippen LogP contribution in [0.25, 0.3) is 0 Å². The highest BCUT2D eigenvalue weighted by molar-refractivity contribution is 5.98. The Morgan fingerprint density at radius 2 is 1.75 bits per heavy atom. The molecule has 0 radical (unpaired) electrons. The number of carbonyl (C=O) groups is 1. The number of nitriles is 1. The number of anilines is 1. The third-order valence-corrected chi connectivity index (χ3v) is 4.58. The van der Waals surface area contributed by atoms with Gasteiger partial charge < -0.3 is 14.8 Å². The van der Waals surface area contributed by atoms with Gasteiger partial charge in [0.15, 0.2) is 0 Å². The number of nitrogens with one attached hydrogen (secondary N) is 1. The number of ether oxygens (including phenoxy) is 2. The molecule has 0 heterocycles. The molecular formula is C23H36N2O3. The lowest BCUT2D eigenvalue weighted by Gasteiger charge is -2.35. The van der Waals surface area contributed by atoms with Crippen molar-refractivity contribution in [2.75, 3.05) is 11.9 Å². The number of hydrogen-bond donors (Lipinski definition) is 1. The highest BCUT2D eigenvalue weighted by Gasteiger charge is 2.40. The maximum atomic E-state index is 13.3. The number of carbonyl (C=O) groups excluding carboxylic acids is 1. The summed E-state index contributed by atoms with van der Waals surface area (Å²) < 4.78 is 11.8. The van der Waals surface area contributed by atoms with Gasteiger partial charge in [-0.3, -0.25) is 4.79 Å². The normalized spacial score (nSPS) is 12.7. The standard InChI is InChI=1S/C23H36N2O3/c1-8-18(7)28-20-10-11-21(19(12-20)15-24)25-22(26)23(27-9-2,13-16(3)4)14-17(5)6/h10-12,16-18H,8-9,13-14H2,1-7H3,(H,25,26)/t18-/m1/s1. The molecule has 1 amide bonds. The van der Waals surface area contributed by atoms with Crippen LogP contribution >= 0.6 is 0 Å². The quantitative estimate of drug-likeness (QED) is 0.540. The summed E-state index contributed by atoms with van der Waals surface area (Å²) in [5.41, 5.74) is -0.0374. The summed E-state index contributed by atoms with van der Waals surface area (Å²) >= 11 is 0. The van der Waals surface area contributed by atoms with E-state index in [2.05, 4.69) is 39.1 Å². The molecule has 0 fully saturated rings. The molecule has 0 aromatic heterocycles. The Morgan fingerprint density at radius 1 is 1.14 bits per heavy atom. The molecular weight excluding hydrogens is 352 g/mol. The molecule has 0 saturated carbocycles. The highest BCUT2D eigenvalue weighted by Crippen LogP contribution is 2.32. The molecule has 0 spiro atoms. The van der Waals surface area contributed by atoms with Crippen LogP contribution in [0.4, 0.5) is 5.69 Å². The molecule has 28 heavy (non-hydrogen) atoms. The number of rotatable bonds is 11. The molecule has 0 bridgehead atoms. The third-order valence-electron chi connectivity index (χ3n) is 4.58. The van der Waals surface area contributed by atoms with Crippen LogP contribution in [-0.4, -0.2) is 24.2 Å². The molecule has 1 aromatic carbocycles. The predicted octanol–water partition coefficient (Wildman–Crippen LogP) is 5.54. The van der Waals surface area contributed by atoms with E-state index in [9.17, 15) is 10.1 Å². The van der Waals surface area contributed by atoms with E-state index in [1.807, 2.05) is 20.8 Å². The number of hydrogen-bond acceptors (Lipinski definition) is 4. The van der Waals surface area contributed by atoms with Gasteiger partial charge in [0, 0.05) is 12.7 Å². The average molecular weight is 389 g/mol. The lowest BCUT2D eigenvalue weighted by atomic mass is 9.83. The Hall–Kier alpha value is -2.06. The third kappa shape index (κ3) is 6.83. The Balaban J connectivity index is 3.16. The molecule has 0 unspecified atom stereocenters. The van der Waals surface area contributed by atoms with Crippen molar-refractivity contribution in [1.29, 1.82) is 5.26 Å². The molecule has 5 nitrogen and oxygen atoms in total. The van der Waals surface area contributed by atoms with Crippen molar-refractivity contribution in [3.63, 3.8) is 0 Å². The van der Waals surface area contributed by atoms with Crippen molar-refractivity contribution in [3.8, 4) is 11.8 Å². The second-order valence-electron chi connectivity index (χ2n) is 8.23. The van der Waals surface area contributed by atoms with E-state index in [1.54, 1.807) is 18.2 Å². The first kappa shape index (κ1) is 24.0. The first-order valence-corrected chi connectivity index (χ1v) is 10.3. The summed E-state index contributed by atoms with van der Waals surface area (Å²) in [6.07, 6.45) is 2.20. The van der Waals surface area contributed by atoms with Crippen LogP contribution in [0, 0.1) is 23.2 Å². The Kier molecular flexibility index (Phi) is 9.48. The van der Waals surface area contributed by atoms with Crippen molar-refractivity contribution in [3.05, 3.63) is 23.8 Å². The molecule has 5 heteroatoms. The summed E-state index contributed by atoms with van der Waals surface area (Å²) in [4.78, 5) is 13.3. The van der Waals surface area contributed by atoms with E-state index in [1.165, 1.54) is 0 Å². The molecule has 156 valence electrons. The van der Waals surface area contributed by atoms with Crippen LogP contribution in [0.3, 0.4) is 0 Å². The molecule has 1 aromatic rings. The minimum absolute atomic E-state index is 0.0645. The van der Waals surface area contributed by atoms with Crippen molar-refractivity contribution in [1.82, 2.24) is 0 Å².